The summed E-state index contributed by atoms with van der Waals surface area (Å²) in [5.74, 6) is 1.56. The first-order valence-electron chi connectivity index (χ1n) is 6.19. The summed E-state index contributed by atoms with van der Waals surface area (Å²) >= 11 is 0. The molecule has 0 unspecified atom stereocenters. The Balaban J connectivity index is 1.91. The van der Waals surface area contributed by atoms with Crippen molar-refractivity contribution >= 4 is 5.97 Å². The lowest BCUT2D eigenvalue weighted by Gasteiger charge is -2.23. The van der Waals surface area contributed by atoms with Crippen LogP contribution in [0, 0.1) is 5.92 Å². The smallest absolute Gasteiger partial charge is 0.303 e. The Morgan fingerprint density at radius 1 is 1.41 bits per heavy atom. The Kier molecular flexibility index (Phi) is 3.76. The molecule has 5 heteroatoms. The van der Waals surface area contributed by atoms with Crippen LogP contribution in [-0.4, -0.2) is 21.2 Å². The van der Waals surface area contributed by atoms with E-state index >= 15 is 0 Å². The normalized spacial score (nSPS) is 24.8. The van der Waals surface area contributed by atoms with Crippen molar-refractivity contribution in [1.29, 1.82) is 0 Å². The number of aromatic nitrogens is 2. The van der Waals surface area contributed by atoms with Gasteiger partial charge in [0.15, 0.2) is 5.82 Å². The minimum Gasteiger partial charge on any atom is -0.481 e. The van der Waals surface area contributed by atoms with Gasteiger partial charge in [0.05, 0.1) is 6.42 Å². The zero-order valence-corrected chi connectivity index (χ0v) is 10.1. The van der Waals surface area contributed by atoms with E-state index in [4.69, 9.17) is 9.63 Å². The average Bonchev–Trinajstić information content (AvgIpc) is 2.76. The van der Waals surface area contributed by atoms with Gasteiger partial charge in [-0.25, -0.2) is 0 Å². The molecular weight excluding hydrogens is 220 g/mol. The standard InChI is InChI=1S/C12H18N2O3/c1-8-2-4-9(5-3-8)12-13-10(17-14-12)6-7-11(15)16/h8-9H,2-7H2,1H3,(H,15,16). The van der Waals surface area contributed by atoms with E-state index in [0.29, 0.717) is 18.2 Å². The lowest BCUT2D eigenvalue weighted by molar-refractivity contribution is -0.137. The van der Waals surface area contributed by atoms with Gasteiger partial charge < -0.3 is 9.63 Å². The molecule has 1 aromatic rings. The molecule has 0 spiro atoms. The molecule has 1 heterocycles. The van der Waals surface area contributed by atoms with Crippen LogP contribution in [0.2, 0.25) is 0 Å². The van der Waals surface area contributed by atoms with E-state index in [1.165, 1.54) is 12.8 Å². The highest BCUT2D eigenvalue weighted by atomic mass is 16.5. The van der Waals surface area contributed by atoms with Crippen LogP contribution in [0.1, 0.15) is 56.7 Å². The first-order chi connectivity index (χ1) is 8.15. The molecule has 1 aliphatic carbocycles. The van der Waals surface area contributed by atoms with Gasteiger partial charge in [0.1, 0.15) is 0 Å². The van der Waals surface area contributed by atoms with E-state index < -0.39 is 5.97 Å². The van der Waals surface area contributed by atoms with Crippen LogP contribution in [0.5, 0.6) is 0 Å². The number of carbonyl (C=O) groups is 1. The summed E-state index contributed by atoms with van der Waals surface area (Å²) < 4.78 is 5.07. The predicted molar refractivity (Wildman–Crippen MR) is 60.6 cm³/mol. The highest BCUT2D eigenvalue weighted by Gasteiger charge is 2.23. The van der Waals surface area contributed by atoms with Crippen molar-refractivity contribution in [3.63, 3.8) is 0 Å². The molecule has 1 fully saturated rings. The van der Waals surface area contributed by atoms with Crippen LogP contribution in [0.3, 0.4) is 0 Å². The number of aryl methyl sites for hydroxylation is 1. The van der Waals surface area contributed by atoms with E-state index in [9.17, 15) is 4.79 Å². The van der Waals surface area contributed by atoms with Crippen LogP contribution in [0.25, 0.3) is 0 Å². The number of carboxylic acids is 1. The molecule has 0 radical (unpaired) electrons. The number of aliphatic carboxylic acids is 1. The molecule has 0 amide bonds. The number of nitrogens with zero attached hydrogens (tertiary/aromatic N) is 2. The molecule has 0 saturated heterocycles. The van der Waals surface area contributed by atoms with E-state index in [1.54, 1.807) is 0 Å². The van der Waals surface area contributed by atoms with Gasteiger partial charge in [-0.3, -0.25) is 4.79 Å². The highest BCUT2D eigenvalue weighted by Crippen LogP contribution is 2.33. The van der Waals surface area contributed by atoms with Crippen molar-refractivity contribution in [2.75, 3.05) is 0 Å². The van der Waals surface area contributed by atoms with Crippen LogP contribution < -0.4 is 0 Å². The maximum Gasteiger partial charge on any atom is 0.303 e. The summed E-state index contributed by atoms with van der Waals surface area (Å²) in [6.45, 7) is 2.27. The first-order valence-corrected chi connectivity index (χ1v) is 6.19. The van der Waals surface area contributed by atoms with Crippen LogP contribution in [0.4, 0.5) is 0 Å². The van der Waals surface area contributed by atoms with Crippen LogP contribution in [-0.2, 0) is 11.2 Å². The summed E-state index contributed by atoms with van der Waals surface area (Å²) in [6, 6.07) is 0. The van der Waals surface area contributed by atoms with E-state index in [0.717, 1.165) is 24.6 Å². The Hall–Kier alpha value is -1.39. The van der Waals surface area contributed by atoms with Crippen molar-refractivity contribution < 1.29 is 14.4 Å². The largest absolute Gasteiger partial charge is 0.481 e. The van der Waals surface area contributed by atoms with Gasteiger partial charge in [-0.05, 0) is 18.8 Å². The van der Waals surface area contributed by atoms with Crippen molar-refractivity contribution in [1.82, 2.24) is 10.1 Å². The molecule has 0 atom stereocenters. The molecular formula is C12H18N2O3. The fourth-order valence-corrected chi connectivity index (χ4v) is 2.27. The van der Waals surface area contributed by atoms with Gasteiger partial charge in [0.2, 0.25) is 5.89 Å². The molecule has 94 valence electrons. The fourth-order valence-electron chi connectivity index (χ4n) is 2.27. The average molecular weight is 238 g/mol. The van der Waals surface area contributed by atoms with Gasteiger partial charge in [-0.2, -0.15) is 4.98 Å². The molecule has 0 aromatic carbocycles. The molecule has 2 rings (SSSR count). The molecule has 5 nitrogen and oxygen atoms in total. The SMILES string of the molecule is CC1CCC(c2noc(CCC(=O)O)n2)CC1. The fraction of sp³-hybridized carbons (Fsp3) is 0.750. The third kappa shape index (κ3) is 3.28. The summed E-state index contributed by atoms with van der Waals surface area (Å²) in [7, 11) is 0. The van der Waals surface area contributed by atoms with Crippen LogP contribution in [0.15, 0.2) is 4.52 Å². The monoisotopic (exact) mass is 238 g/mol. The van der Waals surface area contributed by atoms with E-state index in [2.05, 4.69) is 17.1 Å². The second kappa shape index (κ2) is 5.29. The second-order valence-corrected chi connectivity index (χ2v) is 4.90. The Morgan fingerprint density at radius 3 is 2.76 bits per heavy atom. The zero-order valence-electron chi connectivity index (χ0n) is 10.1. The van der Waals surface area contributed by atoms with Gasteiger partial charge in [-0.15, -0.1) is 0 Å². The minimum atomic E-state index is -0.837. The number of carboxylic acid groups (broad SMARTS) is 1. The summed E-state index contributed by atoms with van der Waals surface area (Å²) in [5.41, 5.74) is 0. The quantitative estimate of drug-likeness (QED) is 0.871. The Morgan fingerprint density at radius 2 is 2.12 bits per heavy atom. The van der Waals surface area contributed by atoms with Crippen molar-refractivity contribution in [3.05, 3.63) is 11.7 Å². The third-order valence-electron chi connectivity index (χ3n) is 3.42. The molecule has 0 aliphatic heterocycles. The molecule has 1 saturated carbocycles. The number of hydrogen-bond acceptors (Lipinski definition) is 4. The van der Waals surface area contributed by atoms with E-state index in [1.807, 2.05) is 0 Å². The van der Waals surface area contributed by atoms with Gasteiger partial charge >= 0.3 is 5.97 Å². The highest BCUT2D eigenvalue weighted by molar-refractivity contribution is 5.66. The minimum absolute atomic E-state index is 0.0450. The zero-order chi connectivity index (χ0) is 12.3. The molecule has 1 N–H and O–H groups in total. The maximum absolute atomic E-state index is 10.4. The van der Waals surface area contributed by atoms with Gasteiger partial charge in [-0.1, -0.05) is 24.9 Å². The van der Waals surface area contributed by atoms with Crippen molar-refractivity contribution in [2.45, 2.75) is 51.4 Å². The summed E-state index contributed by atoms with van der Waals surface area (Å²) in [4.78, 5) is 14.7. The molecule has 1 aliphatic rings. The van der Waals surface area contributed by atoms with Gasteiger partial charge in [0, 0.05) is 12.3 Å². The third-order valence-corrected chi connectivity index (χ3v) is 3.42. The summed E-state index contributed by atoms with van der Waals surface area (Å²) in [5, 5.41) is 12.5. The first kappa shape index (κ1) is 12.1. The maximum atomic E-state index is 10.4. The van der Waals surface area contributed by atoms with Crippen molar-refractivity contribution in [2.24, 2.45) is 5.92 Å². The Labute approximate surface area is 100 Å². The number of hydrogen-bond donors (Lipinski definition) is 1. The topological polar surface area (TPSA) is 76.2 Å². The lowest BCUT2D eigenvalue weighted by atomic mass is 9.83. The molecule has 1 aromatic heterocycles. The second-order valence-electron chi connectivity index (χ2n) is 4.90. The van der Waals surface area contributed by atoms with E-state index in [-0.39, 0.29) is 6.42 Å². The molecule has 17 heavy (non-hydrogen) atoms. The molecule has 0 bridgehead atoms. The van der Waals surface area contributed by atoms with Gasteiger partial charge in [0.25, 0.3) is 0 Å². The lowest BCUT2D eigenvalue weighted by Crippen LogP contribution is -2.12. The van der Waals surface area contributed by atoms with Crippen molar-refractivity contribution in [3.8, 4) is 0 Å². The summed E-state index contributed by atoms with van der Waals surface area (Å²) in [6.07, 6.45) is 5.01. The van der Waals surface area contributed by atoms with Crippen LogP contribution >= 0.6 is 0 Å². The Bertz CT molecular complexity index is 381. The number of rotatable bonds is 4. The predicted octanol–water partition coefficient (Wildman–Crippen LogP) is 2.38.